The van der Waals surface area contributed by atoms with Gasteiger partial charge >= 0.3 is 0 Å². The van der Waals surface area contributed by atoms with Crippen molar-refractivity contribution in [2.75, 3.05) is 25.5 Å². The first-order chi connectivity index (χ1) is 12.2. The molecular weight excluding hydrogens is 319 g/mol. The zero-order valence-corrected chi connectivity index (χ0v) is 14.3. The molecule has 1 aliphatic rings. The van der Waals surface area contributed by atoms with Gasteiger partial charge in [-0.05, 0) is 31.0 Å². The third-order valence-corrected chi connectivity index (χ3v) is 4.50. The van der Waals surface area contributed by atoms with Gasteiger partial charge in [-0.25, -0.2) is 9.37 Å². The maximum atomic E-state index is 13.8. The van der Waals surface area contributed by atoms with Crippen molar-refractivity contribution in [2.24, 2.45) is 0 Å². The van der Waals surface area contributed by atoms with Gasteiger partial charge in [-0.15, -0.1) is 0 Å². The van der Waals surface area contributed by atoms with Crippen molar-refractivity contribution in [3.05, 3.63) is 59.5 Å². The largest absolute Gasteiger partial charge is 0.367 e. The van der Waals surface area contributed by atoms with E-state index in [4.69, 9.17) is 0 Å². The number of nitrogens with zero attached hydrogens (tertiary/aromatic N) is 2. The number of rotatable bonds is 5. The minimum absolute atomic E-state index is 0.141. The van der Waals surface area contributed by atoms with E-state index >= 15 is 0 Å². The van der Waals surface area contributed by atoms with Crippen LogP contribution in [0.5, 0.6) is 0 Å². The summed E-state index contributed by atoms with van der Waals surface area (Å²) < 4.78 is 13.8. The molecule has 0 aliphatic carbocycles. The smallest absolute Gasteiger partial charge is 0.269 e. The summed E-state index contributed by atoms with van der Waals surface area (Å²) in [6.07, 6.45) is 1.92. The van der Waals surface area contributed by atoms with Crippen molar-refractivity contribution in [1.82, 2.24) is 15.2 Å². The average molecular weight is 342 g/mol. The Morgan fingerprint density at radius 1 is 1.20 bits per heavy atom. The zero-order valence-electron chi connectivity index (χ0n) is 14.3. The number of halogens is 1. The van der Waals surface area contributed by atoms with E-state index in [0.717, 1.165) is 31.5 Å². The average Bonchev–Trinajstić information content (AvgIpc) is 2.65. The normalized spacial score (nSPS) is 15.8. The highest BCUT2D eigenvalue weighted by molar-refractivity contribution is 5.92. The van der Waals surface area contributed by atoms with E-state index in [-0.39, 0.29) is 11.7 Å². The van der Waals surface area contributed by atoms with E-state index in [1.807, 2.05) is 24.3 Å². The Morgan fingerprint density at radius 2 is 1.96 bits per heavy atom. The van der Waals surface area contributed by atoms with Crippen LogP contribution >= 0.6 is 0 Å². The highest BCUT2D eigenvalue weighted by atomic mass is 19.1. The van der Waals surface area contributed by atoms with Gasteiger partial charge in [0.15, 0.2) is 0 Å². The number of aromatic nitrogens is 1. The number of benzene rings is 1. The van der Waals surface area contributed by atoms with Crippen molar-refractivity contribution >= 4 is 11.7 Å². The van der Waals surface area contributed by atoms with Crippen molar-refractivity contribution in [3.63, 3.8) is 0 Å². The third kappa shape index (κ3) is 4.54. The second kappa shape index (κ2) is 8.07. The fraction of sp³-hybridized carbons (Fsp3) is 0.368. The van der Waals surface area contributed by atoms with E-state index in [1.165, 1.54) is 6.07 Å². The Morgan fingerprint density at radius 3 is 2.68 bits per heavy atom. The van der Waals surface area contributed by atoms with E-state index in [2.05, 4.69) is 20.5 Å². The summed E-state index contributed by atoms with van der Waals surface area (Å²) in [6.45, 7) is 2.45. The maximum absolute atomic E-state index is 13.8. The highest BCUT2D eigenvalue weighted by Crippen LogP contribution is 2.18. The fourth-order valence-corrected chi connectivity index (χ4v) is 3.08. The molecule has 1 fully saturated rings. The van der Waals surface area contributed by atoms with Crippen molar-refractivity contribution in [3.8, 4) is 0 Å². The zero-order chi connectivity index (χ0) is 17.6. The summed E-state index contributed by atoms with van der Waals surface area (Å²) in [7, 11) is 1.59. The Labute approximate surface area is 147 Å². The number of carbonyl (C=O) groups is 1. The number of nitrogens with one attached hydrogen (secondary N) is 2. The molecule has 2 heterocycles. The minimum Gasteiger partial charge on any atom is -0.367 e. The molecule has 0 bridgehead atoms. The lowest BCUT2D eigenvalue weighted by Crippen LogP contribution is -2.39. The number of amides is 1. The van der Waals surface area contributed by atoms with Crippen LogP contribution in [0.2, 0.25) is 0 Å². The molecular formula is C19H23FN4O. The first-order valence-electron chi connectivity index (χ1n) is 8.57. The molecule has 0 unspecified atom stereocenters. The highest BCUT2D eigenvalue weighted by Gasteiger charge is 2.20. The van der Waals surface area contributed by atoms with Gasteiger partial charge in [-0.2, -0.15) is 0 Å². The molecule has 2 N–H and O–H groups in total. The molecule has 1 aromatic carbocycles. The first-order valence-corrected chi connectivity index (χ1v) is 8.57. The van der Waals surface area contributed by atoms with Crippen molar-refractivity contribution in [1.29, 1.82) is 0 Å². The molecule has 0 saturated carbocycles. The van der Waals surface area contributed by atoms with Gasteiger partial charge in [0.05, 0.1) is 0 Å². The van der Waals surface area contributed by atoms with E-state index < -0.39 is 0 Å². The molecule has 1 aromatic heterocycles. The lowest BCUT2D eigenvalue weighted by molar-refractivity contribution is 0.0958. The Bertz CT molecular complexity index is 729. The lowest BCUT2D eigenvalue weighted by Gasteiger charge is -2.32. The molecule has 6 heteroatoms. The van der Waals surface area contributed by atoms with Gasteiger partial charge in [0.1, 0.15) is 17.3 Å². The van der Waals surface area contributed by atoms with Crippen LogP contribution in [0.15, 0.2) is 42.5 Å². The number of hydrogen-bond donors (Lipinski definition) is 2. The summed E-state index contributed by atoms with van der Waals surface area (Å²) in [5.74, 6) is 0.384. The number of pyridine rings is 1. The van der Waals surface area contributed by atoms with E-state index in [1.54, 1.807) is 19.2 Å². The van der Waals surface area contributed by atoms with Crippen molar-refractivity contribution < 1.29 is 9.18 Å². The van der Waals surface area contributed by atoms with Gasteiger partial charge in [-0.3, -0.25) is 9.69 Å². The van der Waals surface area contributed by atoms with Crippen LogP contribution in [0.4, 0.5) is 10.2 Å². The summed E-state index contributed by atoms with van der Waals surface area (Å²) in [5, 5.41) is 5.98. The fourth-order valence-electron chi connectivity index (χ4n) is 3.08. The summed E-state index contributed by atoms with van der Waals surface area (Å²) >= 11 is 0. The van der Waals surface area contributed by atoms with Gasteiger partial charge < -0.3 is 10.6 Å². The van der Waals surface area contributed by atoms with Crippen LogP contribution < -0.4 is 10.6 Å². The number of anilines is 1. The lowest BCUT2D eigenvalue weighted by atomic mass is 10.0. The van der Waals surface area contributed by atoms with E-state index in [9.17, 15) is 9.18 Å². The van der Waals surface area contributed by atoms with Crippen LogP contribution in [0.25, 0.3) is 0 Å². The van der Waals surface area contributed by atoms with Crippen LogP contribution in [-0.4, -0.2) is 42.0 Å². The Hall–Kier alpha value is -2.47. The molecule has 5 nitrogen and oxygen atoms in total. The van der Waals surface area contributed by atoms with E-state index in [0.29, 0.717) is 24.1 Å². The van der Waals surface area contributed by atoms with Crippen LogP contribution in [0, 0.1) is 5.82 Å². The second-order valence-electron chi connectivity index (χ2n) is 6.27. The van der Waals surface area contributed by atoms with Gasteiger partial charge in [0.25, 0.3) is 5.91 Å². The quantitative estimate of drug-likeness (QED) is 0.877. The molecule has 0 atom stereocenters. The molecule has 1 amide bonds. The van der Waals surface area contributed by atoms with Crippen LogP contribution in [0.1, 0.15) is 28.9 Å². The summed E-state index contributed by atoms with van der Waals surface area (Å²) in [6, 6.07) is 12.6. The van der Waals surface area contributed by atoms with Crippen LogP contribution in [0.3, 0.4) is 0 Å². The standard InChI is InChI=1S/C19H23FN4O/c1-21-19(25)17-7-4-8-18(23-17)22-15-9-11-24(12-10-15)13-14-5-2-3-6-16(14)20/h2-8,15H,9-13H2,1H3,(H,21,25)(H,22,23). The van der Waals surface area contributed by atoms with Gasteiger partial charge in [0.2, 0.25) is 0 Å². The number of likely N-dealkylation sites (tertiary alicyclic amines) is 1. The first kappa shape index (κ1) is 17.4. The second-order valence-corrected chi connectivity index (χ2v) is 6.27. The molecule has 25 heavy (non-hydrogen) atoms. The Balaban J connectivity index is 1.53. The molecule has 3 rings (SSSR count). The monoisotopic (exact) mass is 342 g/mol. The summed E-state index contributed by atoms with van der Waals surface area (Å²) in [5.41, 5.74) is 1.15. The molecule has 0 spiro atoms. The number of piperidine rings is 1. The molecule has 1 saturated heterocycles. The number of hydrogen-bond acceptors (Lipinski definition) is 4. The third-order valence-electron chi connectivity index (χ3n) is 4.50. The summed E-state index contributed by atoms with van der Waals surface area (Å²) in [4.78, 5) is 18.3. The van der Waals surface area contributed by atoms with Gasteiger partial charge in [-0.1, -0.05) is 24.3 Å². The van der Waals surface area contributed by atoms with Gasteiger partial charge in [0, 0.05) is 38.3 Å². The topological polar surface area (TPSA) is 57.3 Å². The maximum Gasteiger partial charge on any atom is 0.269 e. The molecule has 2 aromatic rings. The Kier molecular flexibility index (Phi) is 5.60. The predicted molar refractivity (Wildman–Crippen MR) is 95.9 cm³/mol. The molecule has 1 aliphatic heterocycles. The molecule has 132 valence electrons. The van der Waals surface area contributed by atoms with Crippen LogP contribution in [-0.2, 0) is 6.54 Å². The SMILES string of the molecule is CNC(=O)c1cccc(NC2CCN(Cc3ccccc3F)CC2)n1. The minimum atomic E-state index is -0.191. The van der Waals surface area contributed by atoms with Crippen molar-refractivity contribution in [2.45, 2.75) is 25.4 Å². The predicted octanol–water partition coefficient (Wildman–Crippen LogP) is 2.66. The number of carbonyl (C=O) groups excluding carboxylic acids is 1. The molecule has 0 radical (unpaired) electrons.